The van der Waals surface area contributed by atoms with Crippen molar-refractivity contribution in [3.63, 3.8) is 0 Å². The van der Waals surface area contributed by atoms with Crippen LogP contribution < -0.4 is 10.1 Å². The van der Waals surface area contributed by atoms with Gasteiger partial charge in [-0.05, 0) is 56.2 Å². The number of carbonyl (C=O) groups excluding carboxylic acids is 2. The number of nitrogens with one attached hydrogen (secondary N) is 1. The average molecular weight is 410 g/mol. The van der Waals surface area contributed by atoms with E-state index in [0.29, 0.717) is 18.2 Å². The van der Waals surface area contributed by atoms with Crippen molar-refractivity contribution in [2.75, 3.05) is 6.61 Å². The summed E-state index contributed by atoms with van der Waals surface area (Å²) in [5.41, 5.74) is 0. The number of hydrogen-bond donors (Lipinski definition) is 2. The van der Waals surface area contributed by atoms with Crippen molar-refractivity contribution < 1.29 is 19.4 Å². The van der Waals surface area contributed by atoms with E-state index >= 15 is 0 Å². The molecule has 3 atom stereocenters. The molecule has 2 aliphatic carbocycles. The zero-order valence-electron chi connectivity index (χ0n) is 17.3. The minimum atomic E-state index is -0.767. The number of benzene rings is 1. The van der Waals surface area contributed by atoms with Crippen molar-refractivity contribution in [3.8, 4) is 5.75 Å². The van der Waals surface area contributed by atoms with Crippen molar-refractivity contribution >= 4 is 11.7 Å². The van der Waals surface area contributed by atoms with E-state index in [1.807, 2.05) is 36.4 Å². The highest BCUT2D eigenvalue weighted by Gasteiger charge is 2.27. The molecule has 0 aromatic heterocycles. The number of amides is 1. The molecule has 1 saturated carbocycles. The molecule has 5 nitrogen and oxygen atoms in total. The van der Waals surface area contributed by atoms with Gasteiger partial charge in [0.15, 0.2) is 5.78 Å². The molecule has 0 aliphatic heterocycles. The van der Waals surface area contributed by atoms with Crippen LogP contribution in [0.15, 0.2) is 66.8 Å². The van der Waals surface area contributed by atoms with Crippen LogP contribution in [0.4, 0.5) is 0 Å². The maximum absolute atomic E-state index is 12.2. The molecule has 30 heavy (non-hydrogen) atoms. The normalized spacial score (nSPS) is 22.1. The number of hydrogen-bond acceptors (Lipinski definition) is 4. The Labute approximate surface area is 178 Å². The van der Waals surface area contributed by atoms with Crippen LogP contribution >= 0.6 is 0 Å². The van der Waals surface area contributed by atoms with Crippen molar-refractivity contribution in [2.24, 2.45) is 11.8 Å². The summed E-state index contributed by atoms with van der Waals surface area (Å²) >= 11 is 0. The highest BCUT2D eigenvalue weighted by Crippen LogP contribution is 2.27. The van der Waals surface area contributed by atoms with E-state index in [-0.39, 0.29) is 30.1 Å². The summed E-state index contributed by atoms with van der Waals surface area (Å²) in [7, 11) is 0. The first kappa shape index (κ1) is 22.0. The molecule has 1 fully saturated rings. The molecule has 0 saturated heterocycles. The maximum Gasteiger partial charge on any atom is 0.220 e. The van der Waals surface area contributed by atoms with Gasteiger partial charge in [0.2, 0.25) is 5.91 Å². The van der Waals surface area contributed by atoms with Crippen molar-refractivity contribution in [1.82, 2.24) is 5.32 Å². The Kier molecular flexibility index (Phi) is 8.45. The molecule has 3 rings (SSSR count). The van der Waals surface area contributed by atoms with Crippen LogP contribution in [-0.4, -0.2) is 35.5 Å². The lowest BCUT2D eigenvalue weighted by Gasteiger charge is -2.14. The van der Waals surface area contributed by atoms with Crippen LogP contribution in [0.25, 0.3) is 0 Å². The minimum absolute atomic E-state index is 0.0672. The Morgan fingerprint density at radius 2 is 2.03 bits per heavy atom. The fourth-order valence-electron chi connectivity index (χ4n) is 3.40. The SMILES string of the molecule is O=C(CCCC=CC[C@H]1C=CC(=O)[C@@H]1C=C[C@@H](O)COc1ccccc1)NC1CC1. The van der Waals surface area contributed by atoms with Crippen LogP contribution in [0.3, 0.4) is 0 Å². The third-order valence-electron chi connectivity index (χ3n) is 5.29. The second-order valence-corrected chi connectivity index (χ2v) is 7.97. The molecule has 0 unspecified atom stereocenters. The fraction of sp³-hybridized carbons (Fsp3) is 0.440. The van der Waals surface area contributed by atoms with Gasteiger partial charge >= 0.3 is 0 Å². The molecule has 2 aliphatic rings. The molecule has 0 bridgehead atoms. The molecule has 0 radical (unpaired) electrons. The molecule has 0 heterocycles. The second-order valence-electron chi connectivity index (χ2n) is 7.97. The third-order valence-corrected chi connectivity index (χ3v) is 5.29. The lowest BCUT2D eigenvalue weighted by Crippen LogP contribution is -2.24. The largest absolute Gasteiger partial charge is 0.491 e. The number of aliphatic hydroxyl groups is 1. The number of carbonyl (C=O) groups is 2. The first-order chi connectivity index (χ1) is 14.6. The van der Waals surface area contributed by atoms with E-state index in [1.165, 1.54) is 0 Å². The van der Waals surface area contributed by atoms with Gasteiger partial charge in [0.05, 0.1) is 0 Å². The smallest absolute Gasteiger partial charge is 0.220 e. The summed E-state index contributed by atoms with van der Waals surface area (Å²) in [6.07, 6.45) is 15.7. The van der Waals surface area contributed by atoms with Crippen molar-refractivity contribution in [3.05, 3.63) is 66.8 Å². The Balaban J connectivity index is 1.35. The zero-order chi connectivity index (χ0) is 21.2. The maximum atomic E-state index is 12.2. The third kappa shape index (κ3) is 7.64. The predicted molar refractivity (Wildman–Crippen MR) is 117 cm³/mol. The first-order valence-electron chi connectivity index (χ1n) is 10.8. The summed E-state index contributed by atoms with van der Waals surface area (Å²) < 4.78 is 5.54. The highest BCUT2D eigenvalue weighted by atomic mass is 16.5. The monoisotopic (exact) mass is 409 g/mol. The number of aliphatic hydroxyl groups excluding tert-OH is 1. The van der Waals surface area contributed by atoms with Gasteiger partial charge in [0.1, 0.15) is 18.5 Å². The summed E-state index contributed by atoms with van der Waals surface area (Å²) in [6, 6.07) is 9.75. The molecule has 5 heteroatoms. The second kappa shape index (κ2) is 11.5. The van der Waals surface area contributed by atoms with Crippen LogP contribution in [0, 0.1) is 11.8 Å². The molecular formula is C25H31NO4. The predicted octanol–water partition coefficient (Wildman–Crippen LogP) is 3.75. The molecule has 0 spiro atoms. The summed E-state index contributed by atoms with van der Waals surface area (Å²) in [4.78, 5) is 23.8. The number of rotatable bonds is 12. The molecule has 160 valence electrons. The van der Waals surface area contributed by atoms with Gasteiger partial charge in [0.25, 0.3) is 0 Å². The number of allylic oxidation sites excluding steroid dienone is 5. The van der Waals surface area contributed by atoms with E-state index in [9.17, 15) is 14.7 Å². The fourth-order valence-corrected chi connectivity index (χ4v) is 3.40. The van der Waals surface area contributed by atoms with E-state index < -0.39 is 6.10 Å². The van der Waals surface area contributed by atoms with Gasteiger partial charge in [-0.2, -0.15) is 0 Å². The quantitative estimate of drug-likeness (QED) is 0.407. The van der Waals surface area contributed by atoms with Gasteiger partial charge in [-0.15, -0.1) is 0 Å². The topological polar surface area (TPSA) is 75.6 Å². The first-order valence-corrected chi connectivity index (χ1v) is 10.8. The Bertz CT molecular complexity index is 780. The lowest BCUT2D eigenvalue weighted by molar-refractivity contribution is -0.121. The van der Waals surface area contributed by atoms with Crippen LogP contribution in [-0.2, 0) is 9.59 Å². The molecule has 1 aromatic rings. The number of ketones is 1. The van der Waals surface area contributed by atoms with Crippen molar-refractivity contribution in [1.29, 1.82) is 0 Å². The van der Waals surface area contributed by atoms with Crippen molar-refractivity contribution in [2.45, 2.75) is 50.7 Å². The van der Waals surface area contributed by atoms with Gasteiger partial charge < -0.3 is 15.2 Å². The van der Waals surface area contributed by atoms with E-state index in [4.69, 9.17) is 4.74 Å². The highest BCUT2D eigenvalue weighted by molar-refractivity contribution is 5.95. The number of unbranched alkanes of at least 4 members (excludes halogenated alkanes) is 1. The standard InChI is InChI=1S/C25H31NO4/c27-21(18-30-22-9-5-3-6-10-22)15-16-23-19(12-17-24(23)28)8-4-1-2-7-11-25(29)26-20-13-14-20/h1,3-6,9-10,12,15-17,19-21,23,27H,2,7-8,11,13-14,18H2,(H,26,29)/t19-,21+,23+/m0/s1. The molecule has 2 N–H and O–H groups in total. The van der Waals surface area contributed by atoms with E-state index in [0.717, 1.165) is 32.1 Å². The van der Waals surface area contributed by atoms with Crippen LogP contribution in [0.5, 0.6) is 5.75 Å². The van der Waals surface area contributed by atoms with E-state index in [2.05, 4.69) is 17.5 Å². The Morgan fingerprint density at radius 1 is 1.23 bits per heavy atom. The minimum Gasteiger partial charge on any atom is -0.491 e. The van der Waals surface area contributed by atoms with Crippen LogP contribution in [0.2, 0.25) is 0 Å². The van der Waals surface area contributed by atoms with Crippen LogP contribution in [0.1, 0.15) is 38.5 Å². The van der Waals surface area contributed by atoms with Gasteiger partial charge in [-0.3, -0.25) is 9.59 Å². The lowest BCUT2D eigenvalue weighted by atomic mass is 9.91. The molecule has 1 aromatic carbocycles. The molecular weight excluding hydrogens is 378 g/mol. The summed E-state index contributed by atoms with van der Waals surface area (Å²) in [5.74, 6) is 0.778. The average Bonchev–Trinajstić information content (AvgIpc) is 3.49. The van der Waals surface area contributed by atoms with Gasteiger partial charge in [-0.25, -0.2) is 0 Å². The Hall–Kier alpha value is -2.66. The summed E-state index contributed by atoms with van der Waals surface area (Å²) in [6.45, 7) is 0.147. The van der Waals surface area contributed by atoms with Gasteiger partial charge in [-0.1, -0.05) is 48.6 Å². The molecule has 1 amide bonds. The van der Waals surface area contributed by atoms with E-state index in [1.54, 1.807) is 18.2 Å². The number of ether oxygens (including phenoxy) is 1. The zero-order valence-corrected chi connectivity index (χ0v) is 17.3. The Morgan fingerprint density at radius 3 is 2.80 bits per heavy atom. The number of para-hydroxylation sites is 1. The van der Waals surface area contributed by atoms with Gasteiger partial charge in [0, 0.05) is 18.4 Å². The summed E-state index contributed by atoms with van der Waals surface area (Å²) in [5, 5.41) is 13.1.